The fraction of sp³-hybridized carbons (Fsp3) is 0.533. The molecule has 1 aliphatic rings. The van der Waals surface area contributed by atoms with Crippen molar-refractivity contribution in [3.63, 3.8) is 0 Å². The molecule has 0 radical (unpaired) electrons. The van der Waals surface area contributed by atoms with E-state index in [9.17, 15) is 4.79 Å². The van der Waals surface area contributed by atoms with Gasteiger partial charge in [-0.1, -0.05) is 6.07 Å². The van der Waals surface area contributed by atoms with Gasteiger partial charge in [0.15, 0.2) is 0 Å². The number of amides is 1. The van der Waals surface area contributed by atoms with E-state index in [1.807, 2.05) is 37.9 Å². The second kappa shape index (κ2) is 6.24. The molecule has 2 unspecified atom stereocenters. The Morgan fingerprint density at radius 3 is 2.90 bits per heavy atom. The summed E-state index contributed by atoms with van der Waals surface area (Å²) in [5.41, 5.74) is 8.28. The lowest BCUT2D eigenvalue weighted by molar-refractivity contribution is -0.117. The van der Waals surface area contributed by atoms with E-state index in [1.54, 1.807) is 6.07 Å². The van der Waals surface area contributed by atoms with Gasteiger partial charge in [0.1, 0.15) is 0 Å². The number of nitrogens with zero attached hydrogens (tertiary/aromatic N) is 1. The van der Waals surface area contributed by atoms with Crippen LogP contribution in [0.15, 0.2) is 18.2 Å². The van der Waals surface area contributed by atoms with Crippen molar-refractivity contribution >= 4 is 17.3 Å². The normalized spacial score (nSPS) is 22.2. The zero-order valence-corrected chi connectivity index (χ0v) is 12.3. The van der Waals surface area contributed by atoms with Gasteiger partial charge >= 0.3 is 0 Å². The predicted octanol–water partition coefficient (Wildman–Crippen LogP) is 1.62. The molecule has 1 heterocycles. The second-order valence-electron chi connectivity index (χ2n) is 5.47. The molecule has 110 valence electrons. The van der Waals surface area contributed by atoms with Crippen LogP contribution in [-0.4, -0.2) is 43.2 Å². The average molecular weight is 277 g/mol. The van der Waals surface area contributed by atoms with E-state index in [1.165, 1.54) is 0 Å². The molecular weight excluding hydrogens is 254 g/mol. The van der Waals surface area contributed by atoms with Crippen LogP contribution < -0.4 is 11.1 Å². The van der Waals surface area contributed by atoms with Crippen molar-refractivity contribution in [3.8, 4) is 0 Å². The first-order chi connectivity index (χ1) is 9.47. The van der Waals surface area contributed by atoms with Gasteiger partial charge in [-0.3, -0.25) is 9.69 Å². The van der Waals surface area contributed by atoms with E-state index in [2.05, 4.69) is 5.32 Å². The molecule has 2 rings (SSSR count). The number of carbonyl (C=O) groups excluding carboxylic acids is 1. The molecule has 1 amide bonds. The number of anilines is 2. The van der Waals surface area contributed by atoms with Crippen LogP contribution in [0, 0.1) is 6.92 Å². The van der Waals surface area contributed by atoms with Gasteiger partial charge in [-0.25, -0.2) is 0 Å². The van der Waals surface area contributed by atoms with Crippen molar-refractivity contribution in [2.45, 2.75) is 32.4 Å². The number of aryl methyl sites for hydroxylation is 1. The highest BCUT2D eigenvalue weighted by molar-refractivity contribution is 5.92. The van der Waals surface area contributed by atoms with Crippen molar-refractivity contribution < 1.29 is 9.53 Å². The topological polar surface area (TPSA) is 67.6 Å². The highest BCUT2D eigenvalue weighted by atomic mass is 16.5. The average Bonchev–Trinajstić information content (AvgIpc) is 2.80. The number of hydrogen-bond donors (Lipinski definition) is 2. The van der Waals surface area contributed by atoms with Gasteiger partial charge in [-0.05, 0) is 45.0 Å². The van der Waals surface area contributed by atoms with E-state index in [-0.39, 0.29) is 12.0 Å². The van der Waals surface area contributed by atoms with Crippen molar-refractivity contribution in [2.75, 3.05) is 31.2 Å². The quantitative estimate of drug-likeness (QED) is 0.821. The van der Waals surface area contributed by atoms with Gasteiger partial charge in [0, 0.05) is 24.0 Å². The first-order valence-corrected chi connectivity index (χ1v) is 6.95. The van der Waals surface area contributed by atoms with Gasteiger partial charge in [0.05, 0.1) is 12.6 Å². The lowest BCUT2D eigenvalue weighted by Gasteiger charge is -2.25. The Hall–Kier alpha value is -1.59. The molecule has 0 spiro atoms. The Morgan fingerprint density at radius 1 is 1.55 bits per heavy atom. The molecule has 0 aromatic heterocycles. The number of hydrogen-bond acceptors (Lipinski definition) is 4. The maximum atomic E-state index is 12.0. The molecule has 0 aliphatic carbocycles. The van der Waals surface area contributed by atoms with Crippen LogP contribution in [0.2, 0.25) is 0 Å². The molecule has 0 bridgehead atoms. The number of nitrogen functional groups attached to an aromatic ring is 1. The largest absolute Gasteiger partial charge is 0.398 e. The fourth-order valence-corrected chi connectivity index (χ4v) is 2.56. The predicted molar refractivity (Wildman–Crippen MR) is 80.7 cm³/mol. The minimum absolute atomic E-state index is 0.0325. The number of ether oxygens (including phenoxy) is 1. The molecule has 1 saturated heterocycles. The summed E-state index contributed by atoms with van der Waals surface area (Å²) in [6, 6.07) is 5.87. The number of likely N-dealkylation sites (N-methyl/N-ethyl adjacent to an activating group) is 1. The van der Waals surface area contributed by atoms with Crippen LogP contribution in [0.5, 0.6) is 0 Å². The number of nitrogens with two attached hydrogens (primary N) is 1. The molecule has 2 atom stereocenters. The molecule has 5 nitrogen and oxygen atoms in total. The Kier molecular flexibility index (Phi) is 4.62. The van der Waals surface area contributed by atoms with Crippen LogP contribution in [0.3, 0.4) is 0 Å². The van der Waals surface area contributed by atoms with Crippen LogP contribution in [0.4, 0.5) is 11.4 Å². The molecule has 1 aliphatic heterocycles. The fourth-order valence-electron chi connectivity index (χ4n) is 2.56. The van der Waals surface area contributed by atoms with Crippen LogP contribution >= 0.6 is 0 Å². The monoisotopic (exact) mass is 277 g/mol. The number of benzene rings is 1. The van der Waals surface area contributed by atoms with E-state index < -0.39 is 0 Å². The van der Waals surface area contributed by atoms with Gasteiger partial charge in [-0.2, -0.15) is 0 Å². The molecule has 0 saturated carbocycles. The number of nitrogens with one attached hydrogen (secondary N) is 1. The van der Waals surface area contributed by atoms with E-state index in [4.69, 9.17) is 10.5 Å². The number of rotatable bonds is 4. The van der Waals surface area contributed by atoms with Gasteiger partial charge in [-0.15, -0.1) is 0 Å². The number of carbonyl (C=O) groups is 1. The minimum Gasteiger partial charge on any atom is -0.398 e. The molecule has 1 aromatic carbocycles. The third kappa shape index (κ3) is 3.49. The standard InChI is InChI=1S/C15H23N3O2/c1-10-4-5-12(8-13(10)16)17-15(19)9-18(3)14-6-7-20-11(14)2/h4-5,8,11,14H,6-7,9,16H2,1-3H3,(H,17,19). The lowest BCUT2D eigenvalue weighted by Crippen LogP contribution is -2.41. The second-order valence-corrected chi connectivity index (χ2v) is 5.47. The Balaban J connectivity index is 1.90. The Bertz CT molecular complexity index is 490. The SMILES string of the molecule is Cc1ccc(NC(=O)CN(C)C2CCOC2C)cc1N. The summed E-state index contributed by atoms with van der Waals surface area (Å²) in [4.78, 5) is 14.1. The molecule has 5 heteroatoms. The highest BCUT2D eigenvalue weighted by Crippen LogP contribution is 2.19. The van der Waals surface area contributed by atoms with Gasteiger partial charge < -0.3 is 15.8 Å². The summed E-state index contributed by atoms with van der Waals surface area (Å²) in [6.07, 6.45) is 1.16. The highest BCUT2D eigenvalue weighted by Gasteiger charge is 2.28. The first kappa shape index (κ1) is 14.8. The molecule has 1 aromatic rings. The zero-order chi connectivity index (χ0) is 14.7. The lowest BCUT2D eigenvalue weighted by atomic mass is 10.1. The smallest absolute Gasteiger partial charge is 0.238 e. The third-order valence-corrected chi connectivity index (χ3v) is 3.86. The molecular formula is C15H23N3O2. The summed E-state index contributed by atoms with van der Waals surface area (Å²) in [7, 11) is 1.96. The van der Waals surface area contributed by atoms with E-state index in [0.717, 1.165) is 24.3 Å². The van der Waals surface area contributed by atoms with Crippen LogP contribution in [0.25, 0.3) is 0 Å². The van der Waals surface area contributed by atoms with Gasteiger partial charge in [0.2, 0.25) is 5.91 Å². The molecule has 20 heavy (non-hydrogen) atoms. The third-order valence-electron chi connectivity index (χ3n) is 3.86. The summed E-state index contributed by atoms with van der Waals surface area (Å²) < 4.78 is 5.53. The Morgan fingerprint density at radius 2 is 2.30 bits per heavy atom. The maximum Gasteiger partial charge on any atom is 0.238 e. The van der Waals surface area contributed by atoms with E-state index in [0.29, 0.717) is 18.3 Å². The van der Waals surface area contributed by atoms with Crippen molar-refractivity contribution in [2.24, 2.45) is 0 Å². The van der Waals surface area contributed by atoms with Gasteiger partial charge in [0.25, 0.3) is 0 Å². The van der Waals surface area contributed by atoms with E-state index >= 15 is 0 Å². The zero-order valence-electron chi connectivity index (χ0n) is 12.3. The first-order valence-electron chi connectivity index (χ1n) is 6.95. The minimum atomic E-state index is -0.0325. The van der Waals surface area contributed by atoms with Crippen LogP contribution in [0.1, 0.15) is 18.9 Å². The Labute approximate surface area is 120 Å². The summed E-state index contributed by atoms with van der Waals surface area (Å²) in [5, 5.41) is 2.88. The summed E-state index contributed by atoms with van der Waals surface area (Å²) in [6.45, 7) is 5.11. The summed E-state index contributed by atoms with van der Waals surface area (Å²) in [5.74, 6) is -0.0325. The molecule has 3 N–H and O–H groups in total. The molecule has 1 fully saturated rings. The van der Waals surface area contributed by atoms with Crippen molar-refractivity contribution in [1.29, 1.82) is 0 Å². The van der Waals surface area contributed by atoms with Crippen LogP contribution in [-0.2, 0) is 9.53 Å². The maximum absolute atomic E-state index is 12.0. The summed E-state index contributed by atoms with van der Waals surface area (Å²) >= 11 is 0. The van der Waals surface area contributed by atoms with Crippen molar-refractivity contribution in [1.82, 2.24) is 4.90 Å². The van der Waals surface area contributed by atoms with Crippen molar-refractivity contribution in [3.05, 3.63) is 23.8 Å².